The van der Waals surface area contributed by atoms with Crippen molar-refractivity contribution in [1.29, 1.82) is 0 Å². The summed E-state index contributed by atoms with van der Waals surface area (Å²) in [5.74, 6) is -6.47. The van der Waals surface area contributed by atoms with Crippen LogP contribution in [0.15, 0.2) is 0 Å². The maximum atomic E-state index is 11.4. The molecule has 0 aromatic rings. The molecular weight excluding hydrogens is 346 g/mol. The summed E-state index contributed by atoms with van der Waals surface area (Å²) < 4.78 is 9.41. The molecule has 0 radical (unpaired) electrons. The molecule has 1 aliphatic heterocycles. The van der Waals surface area contributed by atoms with E-state index in [2.05, 4.69) is 10.1 Å². The third kappa shape index (κ3) is 5.32. The maximum Gasteiger partial charge on any atom is 0.364 e. The van der Waals surface area contributed by atoms with Crippen LogP contribution >= 0.6 is 0 Å². The van der Waals surface area contributed by atoms with Gasteiger partial charge in [0.2, 0.25) is 5.91 Å². The molecule has 7 N–H and O–H groups in total. The van der Waals surface area contributed by atoms with Crippen molar-refractivity contribution in [1.82, 2.24) is 5.32 Å². The van der Waals surface area contributed by atoms with Gasteiger partial charge in [-0.1, -0.05) is 0 Å². The van der Waals surface area contributed by atoms with Gasteiger partial charge in [0.15, 0.2) is 0 Å². The second-order valence-corrected chi connectivity index (χ2v) is 5.56. The predicted molar refractivity (Wildman–Crippen MR) is 75.7 cm³/mol. The molecule has 1 aliphatic rings. The summed E-state index contributed by atoms with van der Waals surface area (Å²) in [6, 6.07) is -1.46. The number of hydrogen-bond acceptors (Lipinski definition) is 10. The number of ether oxygens (including phenoxy) is 2. The van der Waals surface area contributed by atoms with Crippen molar-refractivity contribution in [2.45, 2.75) is 49.6 Å². The van der Waals surface area contributed by atoms with E-state index in [9.17, 15) is 34.8 Å². The van der Waals surface area contributed by atoms with Gasteiger partial charge in [-0.3, -0.25) is 9.59 Å². The van der Waals surface area contributed by atoms with E-state index in [0.717, 1.165) is 6.92 Å². The molecule has 12 heteroatoms. The van der Waals surface area contributed by atoms with Crippen molar-refractivity contribution in [3.8, 4) is 0 Å². The van der Waals surface area contributed by atoms with Gasteiger partial charge in [-0.25, -0.2) is 4.79 Å². The first kappa shape index (κ1) is 21.2. The zero-order valence-electron chi connectivity index (χ0n) is 13.2. The molecule has 1 unspecified atom stereocenters. The molecule has 0 aliphatic carbocycles. The molecule has 25 heavy (non-hydrogen) atoms. The number of esters is 1. The molecule has 12 nitrogen and oxygen atoms in total. The van der Waals surface area contributed by atoms with Crippen LogP contribution in [0.25, 0.3) is 0 Å². The average molecular weight is 367 g/mol. The van der Waals surface area contributed by atoms with Gasteiger partial charge in [0.25, 0.3) is 5.79 Å². The third-order valence-electron chi connectivity index (χ3n) is 3.58. The van der Waals surface area contributed by atoms with Crippen molar-refractivity contribution >= 4 is 17.8 Å². The van der Waals surface area contributed by atoms with E-state index in [1.807, 2.05) is 0 Å². The largest absolute Gasteiger partial charge is 0.477 e. The normalized spacial score (nSPS) is 31.7. The summed E-state index contributed by atoms with van der Waals surface area (Å²) in [5.41, 5.74) is 0. The zero-order valence-corrected chi connectivity index (χ0v) is 13.2. The summed E-state index contributed by atoms with van der Waals surface area (Å²) >= 11 is 0. The van der Waals surface area contributed by atoms with Crippen LogP contribution in [-0.2, 0) is 23.9 Å². The van der Waals surface area contributed by atoms with Crippen molar-refractivity contribution in [2.24, 2.45) is 0 Å². The molecule has 0 bridgehead atoms. The lowest BCUT2D eigenvalue weighted by atomic mass is 9.88. The Morgan fingerprint density at radius 2 is 1.96 bits per heavy atom. The number of hydrogen-bond donors (Lipinski definition) is 7. The van der Waals surface area contributed by atoms with Crippen LogP contribution in [-0.4, -0.2) is 97.9 Å². The molecule has 6 atom stereocenters. The number of nitrogens with one attached hydrogen (secondary N) is 1. The summed E-state index contributed by atoms with van der Waals surface area (Å²) in [5, 5.41) is 59.8. The van der Waals surface area contributed by atoms with Gasteiger partial charge in [-0.2, -0.15) is 0 Å². The van der Waals surface area contributed by atoms with E-state index in [4.69, 9.17) is 14.9 Å². The number of rotatable bonds is 7. The van der Waals surface area contributed by atoms with E-state index in [0.29, 0.717) is 0 Å². The van der Waals surface area contributed by atoms with Crippen LogP contribution in [0.1, 0.15) is 13.3 Å². The Bertz CT molecular complexity index is 512. The fraction of sp³-hybridized carbons (Fsp3) is 0.769. The van der Waals surface area contributed by atoms with Crippen molar-refractivity contribution in [3.05, 3.63) is 0 Å². The number of carbonyl (C=O) groups excluding carboxylic acids is 2. The molecule has 0 saturated carbocycles. The van der Waals surface area contributed by atoms with Gasteiger partial charge in [0, 0.05) is 13.3 Å². The highest BCUT2D eigenvalue weighted by molar-refractivity contribution is 5.78. The minimum absolute atomic E-state index is 0.682. The number of amides is 1. The molecule has 0 aromatic carbocycles. The Morgan fingerprint density at radius 3 is 2.44 bits per heavy atom. The fourth-order valence-corrected chi connectivity index (χ4v) is 2.33. The monoisotopic (exact) mass is 367 g/mol. The van der Waals surface area contributed by atoms with Crippen LogP contribution in [0.4, 0.5) is 0 Å². The van der Waals surface area contributed by atoms with Crippen LogP contribution < -0.4 is 5.32 Å². The Balaban J connectivity index is 3.03. The van der Waals surface area contributed by atoms with E-state index >= 15 is 0 Å². The van der Waals surface area contributed by atoms with E-state index in [1.54, 1.807) is 0 Å². The van der Waals surface area contributed by atoms with Crippen LogP contribution in [0, 0.1) is 0 Å². The third-order valence-corrected chi connectivity index (χ3v) is 3.58. The van der Waals surface area contributed by atoms with Crippen LogP contribution in [0.5, 0.6) is 0 Å². The lowest BCUT2D eigenvalue weighted by molar-refractivity contribution is -0.295. The van der Waals surface area contributed by atoms with Crippen molar-refractivity contribution < 1.29 is 54.5 Å². The number of aliphatic hydroxyl groups is 5. The molecule has 1 saturated heterocycles. The van der Waals surface area contributed by atoms with Crippen LogP contribution in [0.2, 0.25) is 0 Å². The zero-order chi connectivity index (χ0) is 19.4. The predicted octanol–water partition coefficient (Wildman–Crippen LogP) is -4.33. The van der Waals surface area contributed by atoms with Gasteiger partial charge in [0.05, 0.1) is 12.1 Å². The summed E-state index contributed by atoms with van der Waals surface area (Å²) in [6.07, 6.45) is -8.05. The van der Waals surface area contributed by atoms with Crippen molar-refractivity contribution in [3.63, 3.8) is 0 Å². The molecule has 1 fully saturated rings. The minimum Gasteiger partial charge on any atom is -0.477 e. The first-order chi connectivity index (χ1) is 11.5. The Labute approximate surface area is 141 Å². The van der Waals surface area contributed by atoms with Gasteiger partial charge in [0.1, 0.15) is 31.5 Å². The number of aliphatic carboxylic acids is 1. The average Bonchev–Trinajstić information content (AvgIpc) is 2.53. The Hall–Kier alpha value is -1.83. The van der Waals surface area contributed by atoms with Gasteiger partial charge in [-0.05, 0) is 0 Å². The molecule has 0 spiro atoms. The van der Waals surface area contributed by atoms with E-state index in [1.165, 1.54) is 0 Å². The van der Waals surface area contributed by atoms with Crippen molar-refractivity contribution in [2.75, 3.05) is 13.2 Å². The highest BCUT2D eigenvalue weighted by atomic mass is 16.7. The summed E-state index contributed by atoms with van der Waals surface area (Å²) in [7, 11) is 0. The highest BCUT2D eigenvalue weighted by Crippen LogP contribution is 2.30. The molecule has 0 aromatic heterocycles. The first-order valence-electron chi connectivity index (χ1n) is 7.23. The quantitative estimate of drug-likeness (QED) is 0.214. The molecular formula is C13H21NO11. The maximum absolute atomic E-state index is 11.4. The number of carboxylic acids is 1. The SMILES string of the molecule is CC(=O)OC[C@@H](O)[C@@H](O)[C@@H]1OC(O)(C(=O)O)C[C@H](O)[C@H]1NC(=O)CO. The Morgan fingerprint density at radius 1 is 1.36 bits per heavy atom. The number of aliphatic hydroxyl groups excluding tert-OH is 4. The standard InChI is InChI=1S/C13H21NO11/c1-5(16)24-4-7(18)10(20)11-9(14-8(19)3-15)6(17)2-13(23,25-11)12(21)22/h6-7,9-11,15,17-18,20,23H,2-4H2,1H3,(H,14,19)(H,21,22)/t6-,7+,9+,10+,11+,13?/m0/s1. The highest BCUT2D eigenvalue weighted by Gasteiger charge is 2.54. The summed E-state index contributed by atoms with van der Waals surface area (Å²) in [4.78, 5) is 33.2. The Kier molecular flexibility index (Phi) is 7.22. The molecule has 1 amide bonds. The number of carboxylic acid groups (broad SMARTS) is 1. The summed E-state index contributed by atoms with van der Waals surface area (Å²) in [6.45, 7) is -0.600. The lowest BCUT2D eigenvalue weighted by Gasteiger charge is -2.44. The molecule has 1 rings (SSSR count). The molecule has 1 heterocycles. The second-order valence-electron chi connectivity index (χ2n) is 5.56. The first-order valence-corrected chi connectivity index (χ1v) is 7.23. The van der Waals surface area contributed by atoms with E-state index < -0.39 is 73.7 Å². The van der Waals surface area contributed by atoms with Gasteiger partial charge < -0.3 is 45.4 Å². The fourth-order valence-electron chi connectivity index (χ4n) is 2.33. The number of carbonyl (C=O) groups is 3. The van der Waals surface area contributed by atoms with E-state index in [-0.39, 0.29) is 0 Å². The van der Waals surface area contributed by atoms with Gasteiger partial charge >= 0.3 is 11.9 Å². The second kappa shape index (κ2) is 8.51. The smallest absolute Gasteiger partial charge is 0.364 e. The van der Waals surface area contributed by atoms with Crippen LogP contribution in [0.3, 0.4) is 0 Å². The van der Waals surface area contributed by atoms with Gasteiger partial charge in [-0.15, -0.1) is 0 Å². The topological polar surface area (TPSA) is 203 Å². The minimum atomic E-state index is -2.88. The lowest BCUT2D eigenvalue weighted by Crippen LogP contribution is -2.67. The molecule has 144 valence electrons.